The molecule has 4 nitrogen and oxygen atoms in total. The zero-order valence-corrected chi connectivity index (χ0v) is 10.4. The molecule has 1 aromatic carbocycles. The van der Waals surface area contributed by atoms with Crippen molar-refractivity contribution in [1.82, 2.24) is 10.3 Å². The smallest absolute Gasteiger partial charge is 0.236 e. The molecule has 0 aliphatic carbocycles. The van der Waals surface area contributed by atoms with Crippen molar-refractivity contribution in [3.63, 3.8) is 0 Å². The molecule has 4 heteroatoms. The molecular weight excluding hydrogens is 226 g/mol. The number of fused-ring (bicyclic) bond motifs is 1. The summed E-state index contributed by atoms with van der Waals surface area (Å²) in [4.78, 5) is 15.7. The van der Waals surface area contributed by atoms with Crippen LogP contribution in [0.4, 0.5) is 0 Å². The Labute approximate surface area is 106 Å². The Bertz CT molecular complexity index is 546. The molecule has 2 rings (SSSR count). The third-order valence-electron chi connectivity index (χ3n) is 2.82. The number of nitrogens with zero attached hydrogens (tertiary/aromatic N) is 1. The average Bonchev–Trinajstić information content (AvgIpc) is 2.38. The molecule has 1 amide bonds. The lowest BCUT2D eigenvalue weighted by Crippen LogP contribution is -2.39. The van der Waals surface area contributed by atoms with E-state index in [9.17, 15) is 4.79 Å². The van der Waals surface area contributed by atoms with Gasteiger partial charge < -0.3 is 11.1 Å². The van der Waals surface area contributed by atoms with E-state index in [0.29, 0.717) is 6.54 Å². The number of hydrogen-bond donors (Lipinski definition) is 2. The van der Waals surface area contributed by atoms with Gasteiger partial charge in [0.2, 0.25) is 5.91 Å². The normalized spacial score (nSPS) is 12.3. The van der Waals surface area contributed by atoms with Gasteiger partial charge in [-0.05, 0) is 25.0 Å². The minimum Gasteiger partial charge on any atom is -0.354 e. The van der Waals surface area contributed by atoms with Crippen LogP contribution in [0.3, 0.4) is 0 Å². The molecule has 0 saturated heterocycles. The van der Waals surface area contributed by atoms with Gasteiger partial charge in [0.1, 0.15) is 0 Å². The predicted octanol–water partition coefficient (Wildman–Crippen LogP) is 1.24. The molecule has 1 aromatic heterocycles. The maximum Gasteiger partial charge on any atom is 0.236 e. The lowest BCUT2D eigenvalue weighted by Gasteiger charge is -2.09. The average molecular weight is 243 g/mol. The van der Waals surface area contributed by atoms with Crippen LogP contribution in [-0.4, -0.2) is 23.5 Å². The first-order valence-electron chi connectivity index (χ1n) is 6.04. The highest BCUT2D eigenvalue weighted by Crippen LogP contribution is 2.15. The summed E-state index contributed by atoms with van der Waals surface area (Å²) in [6.07, 6.45) is 2.54. The van der Waals surface area contributed by atoms with E-state index in [1.807, 2.05) is 30.3 Å². The second-order valence-electron chi connectivity index (χ2n) is 4.32. The SMILES string of the molecule is CC(N)C(=O)NCCc1cccc2cccnc12. The maximum atomic E-state index is 11.3. The fourth-order valence-corrected chi connectivity index (χ4v) is 1.85. The number of para-hydroxylation sites is 1. The highest BCUT2D eigenvalue weighted by molar-refractivity contribution is 5.82. The molecule has 1 unspecified atom stereocenters. The highest BCUT2D eigenvalue weighted by atomic mass is 16.2. The van der Waals surface area contributed by atoms with Gasteiger partial charge in [-0.25, -0.2) is 0 Å². The molecule has 1 heterocycles. The number of benzene rings is 1. The molecule has 0 spiro atoms. The number of nitrogens with one attached hydrogen (secondary N) is 1. The summed E-state index contributed by atoms with van der Waals surface area (Å²) in [6, 6.07) is 9.57. The number of hydrogen-bond acceptors (Lipinski definition) is 3. The zero-order chi connectivity index (χ0) is 13.0. The van der Waals surface area contributed by atoms with Crippen molar-refractivity contribution in [2.75, 3.05) is 6.54 Å². The van der Waals surface area contributed by atoms with Crippen molar-refractivity contribution < 1.29 is 4.79 Å². The van der Waals surface area contributed by atoms with Gasteiger partial charge >= 0.3 is 0 Å². The number of rotatable bonds is 4. The van der Waals surface area contributed by atoms with Crippen LogP contribution in [-0.2, 0) is 11.2 Å². The van der Waals surface area contributed by atoms with Crippen LogP contribution in [0.1, 0.15) is 12.5 Å². The van der Waals surface area contributed by atoms with Crippen molar-refractivity contribution in [3.05, 3.63) is 42.1 Å². The molecule has 0 saturated carbocycles. The zero-order valence-electron chi connectivity index (χ0n) is 10.4. The summed E-state index contributed by atoms with van der Waals surface area (Å²) in [5.41, 5.74) is 7.61. The number of nitrogens with two attached hydrogens (primary N) is 1. The molecule has 0 aliphatic rings. The summed E-state index contributed by atoms with van der Waals surface area (Å²) < 4.78 is 0. The Kier molecular flexibility index (Phi) is 3.89. The summed E-state index contributed by atoms with van der Waals surface area (Å²) in [7, 11) is 0. The lowest BCUT2D eigenvalue weighted by molar-refractivity contribution is -0.121. The third kappa shape index (κ3) is 2.84. The second kappa shape index (κ2) is 5.60. The minimum absolute atomic E-state index is 0.122. The number of carbonyl (C=O) groups excluding carboxylic acids is 1. The molecule has 0 bridgehead atoms. The molecule has 0 radical (unpaired) electrons. The largest absolute Gasteiger partial charge is 0.354 e. The Morgan fingerprint density at radius 2 is 2.17 bits per heavy atom. The van der Waals surface area contributed by atoms with E-state index in [0.717, 1.165) is 22.9 Å². The highest BCUT2D eigenvalue weighted by Gasteiger charge is 2.06. The van der Waals surface area contributed by atoms with E-state index in [4.69, 9.17) is 5.73 Å². The van der Waals surface area contributed by atoms with Gasteiger partial charge in [-0.3, -0.25) is 9.78 Å². The van der Waals surface area contributed by atoms with E-state index >= 15 is 0 Å². The van der Waals surface area contributed by atoms with Gasteiger partial charge in [0.05, 0.1) is 11.6 Å². The van der Waals surface area contributed by atoms with Gasteiger partial charge in [-0.2, -0.15) is 0 Å². The number of pyridine rings is 1. The minimum atomic E-state index is -0.462. The molecule has 0 aliphatic heterocycles. The lowest BCUT2D eigenvalue weighted by atomic mass is 10.1. The Morgan fingerprint density at radius 1 is 1.39 bits per heavy atom. The molecule has 94 valence electrons. The first kappa shape index (κ1) is 12.5. The van der Waals surface area contributed by atoms with Gasteiger partial charge in [0.25, 0.3) is 0 Å². The molecule has 2 aromatic rings. The fraction of sp³-hybridized carbons (Fsp3) is 0.286. The van der Waals surface area contributed by atoms with Crippen molar-refractivity contribution >= 4 is 16.8 Å². The Hall–Kier alpha value is -1.94. The molecule has 0 fully saturated rings. The Morgan fingerprint density at radius 3 is 2.94 bits per heavy atom. The quantitative estimate of drug-likeness (QED) is 0.849. The Balaban J connectivity index is 2.06. The van der Waals surface area contributed by atoms with Gasteiger partial charge in [0.15, 0.2) is 0 Å². The van der Waals surface area contributed by atoms with E-state index < -0.39 is 6.04 Å². The monoisotopic (exact) mass is 243 g/mol. The number of amides is 1. The summed E-state index contributed by atoms with van der Waals surface area (Å²) in [6.45, 7) is 2.25. The van der Waals surface area contributed by atoms with Crippen molar-refractivity contribution in [3.8, 4) is 0 Å². The number of aromatic nitrogens is 1. The van der Waals surface area contributed by atoms with Gasteiger partial charge in [-0.15, -0.1) is 0 Å². The standard InChI is InChI=1S/C14H17N3O/c1-10(15)14(18)17-9-7-12-5-2-4-11-6-3-8-16-13(11)12/h2-6,8,10H,7,9,15H2,1H3,(H,17,18). The van der Waals surface area contributed by atoms with Gasteiger partial charge in [0, 0.05) is 18.1 Å². The van der Waals surface area contributed by atoms with Crippen LogP contribution in [0.2, 0.25) is 0 Å². The van der Waals surface area contributed by atoms with Crippen LogP contribution in [0.15, 0.2) is 36.5 Å². The van der Waals surface area contributed by atoms with E-state index in [2.05, 4.69) is 10.3 Å². The first-order valence-corrected chi connectivity index (χ1v) is 6.04. The van der Waals surface area contributed by atoms with Crippen molar-refractivity contribution in [2.45, 2.75) is 19.4 Å². The van der Waals surface area contributed by atoms with Crippen LogP contribution < -0.4 is 11.1 Å². The van der Waals surface area contributed by atoms with Crippen LogP contribution in [0, 0.1) is 0 Å². The van der Waals surface area contributed by atoms with Crippen LogP contribution >= 0.6 is 0 Å². The third-order valence-corrected chi connectivity index (χ3v) is 2.82. The summed E-state index contributed by atoms with van der Waals surface area (Å²) in [5.74, 6) is -0.122. The van der Waals surface area contributed by atoms with E-state index in [1.165, 1.54) is 0 Å². The van der Waals surface area contributed by atoms with E-state index in [-0.39, 0.29) is 5.91 Å². The van der Waals surface area contributed by atoms with E-state index in [1.54, 1.807) is 13.1 Å². The van der Waals surface area contributed by atoms with Crippen molar-refractivity contribution in [2.24, 2.45) is 5.73 Å². The maximum absolute atomic E-state index is 11.3. The first-order chi connectivity index (χ1) is 8.68. The van der Waals surface area contributed by atoms with Gasteiger partial charge in [-0.1, -0.05) is 24.3 Å². The topological polar surface area (TPSA) is 68.0 Å². The molecular formula is C14H17N3O. The predicted molar refractivity (Wildman–Crippen MR) is 72.1 cm³/mol. The second-order valence-corrected chi connectivity index (χ2v) is 4.32. The van der Waals surface area contributed by atoms with Crippen LogP contribution in [0.5, 0.6) is 0 Å². The fourth-order valence-electron chi connectivity index (χ4n) is 1.85. The molecule has 18 heavy (non-hydrogen) atoms. The molecule has 1 atom stereocenters. The van der Waals surface area contributed by atoms with Crippen molar-refractivity contribution in [1.29, 1.82) is 0 Å². The number of carbonyl (C=O) groups is 1. The molecule has 3 N–H and O–H groups in total. The van der Waals surface area contributed by atoms with Crippen LogP contribution in [0.25, 0.3) is 10.9 Å². The summed E-state index contributed by atoms with van der Waals surface area (Å²) in [5, 5.41) is 3.92. The summed E-state index contributed by atoms with van der Waals surface area (Å²) >= 11 is 0.